The van der Waals surface area contributed by atoms with Crippen molar-refractivity contribution in [3.05, 3.63) is 28.8 Å². The van der Waals surface area contributed by atoms with Crippen molar-refractivity contribution in [2.24, 2.45) is 17.8 Å². The van der Waals surface area contributed by atoms with E-state index in [1.54, 1.807) is 29.8 Å². The molecule has 0 aromatic heterocycles. The number of rotatable bonds is 6. The number of nitrogens with zero attached hydrogens (tertiary/aromatic N) is 1. The first-order valence-corrected chi connectivity index (χ1v) is 12.4. The van der Waals surface area contributed by atoms with Crippen LogP contribution in [-0.4, -0.2) is 63.5 Å². The molecule has 3 unspecified atom stereocenters. The molecular weight excluding hydrogens is 450 g/mol. The fourth-order valence-electron chi connectivity index (χ4n) is 6.01. The van der Waals surface area contributed by atoms with Gasteiger partial charge in [0, 0.05) is 12.3 Å². The Morgan fingerprint density at radius 1 is 1.38 bits per heavy atom. The van der Waals surface area contributed by atoms with E-state index < -0.39 is 28.7 Å². The number of anilines is 1. The fourth-order valence-corrected chi connectivity index (χ4v) is 8.69. The highest BCUT2D eigenvalue weighted by Gasteiger charge is 2.76. The van der Waals surface area contributed by atoms with Crippen LogP contribution >= 0.6 is 23.4 Å². The van der Waals surface area contributed by atoms with Crippen molar-refractivity contribution in [3.63, 3.8) is 0 Å². The number of fused-ring (bicyclic) bond motifs is 1. The fraction of sp³-hybridized carbons (Fsp3) is 0.609. The number of aliphatic hydroxyl groups is 1. The minimum atomic E-state index is -0.799. The van der Waals surface area contributed by atoms with Crippen LogP contribution in [0.1, 0.15) is 32.3 Å². The van der Waals surface area contributed by atoms with Gasteiger partial charge < -0.3 is 20.6 Å². The van der Waals surface area contributed by atoms with E-state index in [9.17, 15) is 19.5 Å². The standard InChI is InChI=1S/C23H30ClN3O4S/c1-5-13(10-28)27-19(21(30)26-18-11(2)7-6-8-14(18)24)23-12(3)9-15(32-23)16(20(29)25-4)17(23)22(27)31/h6-8,12-13,15-17,19,28H,5,9-10H2,1-4H3,(H,25,29)(H,26,30)/t12?,13-,15+,16-,17-,19?,23?/m0/s1. The van der Waals surface area contributed by atoms with E-state index in [1.807, 2.05) is 26.0 Å². The molecule has 1 aromatic rings. The van der Waals surface area contributed by atoms with Gasteiger partial charge in [-0.05, 0) is 37.3 Å². The highest BCUT2D eigenvalue weighted by atomic mass is 35.5. The maximum absolute atomic E-state index is 13.9. The average molecular weight is 480 g/mol. The highest BCUT2D eigenvalue weighted by Crippen LogP contribution is 2.68. The molecule has 9 heteroatoms. The summed E-state index contributed by atoms with van der Waals surface area (Å²) in [5.41, 5.74) is 1.35. The summed E-state index contributed by atoms with van der Waals surface area (Å²) in [6.07, 6.45) is 1.28. The molecule has 174 valence electrons. The van der Waals surface area contributed by atoms with Gasteiger partial charge in [-0.25, -0.2) is 0 Å². The summed E-state index contributed by atoms with van der Waals surface area (Å²) >= 11 is 7.98. The molecule has 7 atom stereocenters. The number of benzene rings is 1. The van der Waals surface area contributed by atoms with Gasteiger partial charge in [-0.2, -0.15) is 0 Å². The Balaban J connectivity index is 1.81. The maximum Gasteiger partial charge on any atom is 0.248 e. The summed E-state index contributed by atoms with van der Waals surface area (Å²) < 4.78 is -0.721. The number of likely N-dealkylation sites (tertiary alicyclic amines) is 1. The van der Waals surface area contributed by atoms with Gasteiger partial charge in [0.15, 0.2) is 0 Å². The number of hydrogen-bond donors (Lipinski definition) is 3. The number of halogens is 1. The van der Waals surface area contributed by atoms with Gasteiger partial charge in [0.25, 0.3) is 0 Å². The second-order valence-corrected chi connectivity index (χ2v) is 11.0. The number of carbonyl (C=O) groups is 3. The Hall–Kier alpha value is -1.77. The van der Waals surface area contributed by atoms with Crippen molar-refractivity contribution >= 4 is 46.8 Å². The van der Waals surface area contributed by atoms with Crippen LogP contribution in [0.2, 0.25) is 5.02 Å². The van der Waals surface area contributed by atoms with Gasteiger partial charge in [0.2, 0.25) is 17.7 Å². The van der Waals surface area contributed by atoms with Gasteiger partial charge in [-0.15, -0.1) is 11.8 Å². The molecule has 3 aliphatic heterocycles. The maximum atomic E-state index is 13.9. The molecule has 0 radical (unpaired) electrons. The molecule has 4 rings (SSSR count). The average Bonchev–Trinajstić information content (AvgIpc) is 3.35. The van der Waals surface area contributed by atoms with Crippen molar-refractivity contribution in [1.82, 2.24) is 10.2 Å². The van der Waals surface area contributed by atoms with Gasteiger partial charge in [0.1, 0.15) is 6.04 Å². The number of thioether (sulfide) groups is 1. The number of carbonyl (C=O) groups excluding carboxylic acids is 3. The minimum Gasteiger partial charge on any atom is -0.394 e. The Morgan fingerprint density at radius 2 is 2.09 bits per heavy atom. The molecule has 1 spiro atoms. The molecule has 0 aliphatic carbocycles. The number of nitrogens with one attached hydrogen (secondary N) is 2. The molecule has 3 saturated heterocycles. The van der Waals surface area contributed by atoms with Crippen LogP contribution in [0, 0.1) is 24.7 Å². The van der Waals surface area contributed by atoms with Crippen molar-refractivity contribution < 1.29 is 19.5 Å². The van der Waals surface area contributed by atoms with Crippen molar-refractivity contribution in [2.75, 3.05) is 19.0 Å². The van der Waals surface area contributed by atoms with Crippen molar-refractivity contribution in [2.45, 2.75) is 55.7 Å². The van der Waals surface area contributed by atoms with Crippen LogP contribution in [0.25, 0.3) is 0 Å². The first-order chi connectivity index (χ1) is 15.2. The zero-order chi connectivity index (χ0) is 23.4. The number of aliphatic hydroxyl groups excluding tert-OH is 1. The molecule has 3 amide bonds. The Labute approximate surface area is 197 Å². The zero-order valence-corrected chi connectivity index (χ0v) is 20.3. The molecule has 3 N–H and O–H groups in total. The summed E-state index contributed by atoms with van der Waals surface area (Å²) in [6.45, 7) is 5.57. The number of hydrogen-bond acceptors (Lipinski definition) is 5. The molecule has 2 bridgehead atoms. The van der Waals surface area contributed by atoms with Crippen LogP contribution in [0.5, 0.6) is 0 Å². The van der Waals surface area contributed by atoms with Gasteiger partial charge >= 0.3 is 0 Å². The Morgan fingerprint density at radius 3 is 2.69 bits per heavy atom. The number of para-hydroxylation sites is 1. The number of amides is 3. The molecule has 0 saturated carbocycles. The molecule has 1 aromatic carbocycles. The van der Waals surface area contributed by atoms with Crippen LogP contribution in [-0.2, 0) is 14.4 Å². The van der Waals surface area contributed by atoms with Crippen LogP contribution in [0.4, 0.5) is 5.69 Å². The zero-order valence-electron chi connectivity index (χ0n) is 18.7. The topological polar surface area (TPSA) is 98.7 Å². The molecular formula is C23H30ClN3O4S. The van der Waals surface area contributed by atoms with E-state index in [1.165, 1.54) is 0 Å². The molecule has 7 nitrogen and oxygen atoms in total. The van der Waals surface area contributed by atoms with Crippen LogP contribution in [0.3, 0.4) is 0 Å². The SMILES string of the molecule is CC[C@@H](CO)N1C(=O)[C@@H]2[C@@H](C(=O)NC)[C@H]3CC(C)C2(S3)C1C(=O)Nc1c(C)cccc1Cl. The normalized spacial score (nSPS) is 33.9. The second kappa shape index (κ2) is 8.54. The predicted molar refractivity (Wildman–Crippen MR) is 126 cm³/mol. The van der Waals surface area contributed by atoms with Crippen molar-refractivity contribution in [1.29, 1.82) is 0 Å². The first kappa shape index (κ1) is 23.4. The van der Waals surface area contributed by atoms with E-state index >= 15 is 0 Å². The largest absolute Gasteiger partial charge is 0.394 e. The van der Waals surface area contributed by atoms with Gasteiger partial charge in [0.05, 0.1) is 39.9 Å². The number of aryl methyl sites for hydroxylation is 1. The Bertz CT molecular complexity index is 935. The summed E-state index contributed by atoms with van der Waals surface area (Å²) in [4.78, 5) is 42.1. The monoisotopic (exact) mass is 479 g/mol. The lowest BCUT2D eigenvalue weighted by Crippen LogP contribution is -2.57. The molecule has 3 aliphatic rings. The van der Waals surface area contributed by atoms with E-state index in [4.69, 9.17) is 11.6 Å². The molecule has 3 heterocycles. The van der Waals surface area contributed by atoms with Crippen molar-refractivity contribution in [3.8, 4) is 0 Å². The van der Waals surface area contributed by atoms with E-state index in [-0.39, 0.29) is 35.5 Å². The molecule has 32 heavy (non-hydrogen) atoms. The third-order valence-electron chi connectivity index (χ3n) is 7.53. The lowest BCUT2D eigenvalue weighted by Gasteiger charge is -2.40. The third kappa shape index (κ3) is 3.17. The summed E-state index contributed by atoms with van der Waals surface area (Å²) in [5, 5.41) is 16.2. The predicted octanol–water partition coefficient (Wildman–Crippen LogP) is 2.44. The third-order valence-corrected chi connectivity index (χ3v) is 9.92. The summed E-state index contributed by atoms with van der Waals surface area (Å²) in [5.74, 6) is -1.69. The quantitative estimate of drug-likeness (QED) is 0.582. The van der Waals surface area contributed by atoms with E-state index in [2.05, 4.69) is 17.6 Å². The summed E-state index contributed by atoms with van der Waals surface area (Å²) in [7, 11) is 1.58. The lowest BCUT2D eigenvalue weighted by molar-refractivity contribution is -0.142. The first-order valence-electron chi connectivity index (χ1n) is 11.1. The van der Waals surface area contributed by atoms with Gasteiger partial charge in [-0.1, -0.05) is 37.6 Å². The highest BCUT2D eigenvalue weighted by molar-refractivity contribution is 8.02. The van der Waals surface area contributed by atoms with Gasteiger partial charge in [-0.3, -0.25) is 14.4 Å². The molecule has 3 fully saturated rings. The van der Waals surface area contributed by atoms with E-state index in [0.717, 1.165) is 12.0 Å². The van der Waals surface area contributed by atoms with Crippen LogP contribution in [0.15, 0.2) is 18.2 Å². The van der Waals surface area contributed by atoms with Crippen LogP contribution < -0.4 is 10.6 Å². The lowest BCUT2D eigenvalue weighted by atomic mass is 9.66. The minimum absolute atomic E-state index is 0.00685. The van der Waals surface area contributed by atoms with E-state index in [0.29, 0.717) is 17.1 Å². The Kier molecular flexibility index (Phi) is 6.24. The smallest absolute Gasteiger partial charge is 0.248 e. The summed E-state index contributed by atoms with van der Waals surface area (Å²) in [6, 6.07) is 4.10. The second-order valence-electron chi connectivity index (χ2n) is 9.08.